The van der Waals surface area contributed by atoms with Crippen molar-refractivity contribution in [2.75, 3.05) is 6.54 Å². The molecular formula is C12H13N3. The molecule has 0 fully saturated rings. The van der Waals surface area contributed by atoms with E-state index in [1.165, 1.54) is 10.9 Å². The molecule has 0 amide bonds. The van der Waals surface area contributed by atoms with E-state index in [0.717, 1.165) is 11.9 Å². The Morgan fingerprint density at radius 3 is 2.93 bits per heavy atom. The highest BCUT2D eigenvalue weighted by atomic mass is 14.9. The maximum Gasteiger partial charge on any atom is 0.110 e. The lowest BCUT2D eigenvalue weighted by molar-refractivity contribution is 0.874. The number of nitriles is 1. The van der Waals surface area contributed by atoms with Crippen molar-refractivity contribution < 1.29 is 0 Å². The largest absolute Gasteiger partial charge is 0.334 e. The number of nitrogens with two attached hydrogens (primary N) is 1. The molecule has 0 aliphatic rings. The molecule has 0 saturated heterocycles. The van der Waals surface area contributed by atoms with E-state index in [4.69, 9.17) is 11.0 Å². The van der Waals surface area contributed by atoms with Crippen molar-refractivity contribution in [1.29, 1.82) is 5.26 Å². The number of hydrogen-bond acceptors (Lipinski definition) is 2. The number of benzene rings is 1. The second-order valence-corrected chi connectivity index (χ2v) is 3.53. The number of nitrogens with zero attached hydrogens (tertiary/aromatic N) is 2. The molecule has 0 saturated carbocycles. The zero-order valence-corrected chi connectivity index (χ0v) is 8.48. The van der Waals surface area contributed by atoms with Crippen molar-refractivity contribution in [1.82, 2.24) is 4.57 Å². The summed E-state index contributed by atoms with van der Waals surface area (Å²) in [5.41, 5.74) is 7.87. The fourth-order valence-corrected chi connectivity index (χ4v) is 1.79. The van der Waals surface area contributed by atoms with E-state index >= 15 is 0 Å². The molecule has 2 aromatic rings. The molecule has 76 valence electrons. The van der Waals surface area contributed by atoms with Crippen LogP contribution in [0.1, 0.15) is 5.56 Å². The van der Waals surface area contributed by atoms with E-state index in [0.29, 0.717) is 13.1 Å². The third-order valence-electron chi connectivity index (χ3n) is 2.51. The van der Waals surface area contributed by atoms with Crippen molar-refractivity contribution in [2.45, 2.75) is 13.0 Å². The van der Waals surface area contributed by atoms with E-state index in [1.54, 1.807) is 0 Å². The molecule has 0 aliphatic heterocycles. The molecule has 0 bridgehead atoms. The summed E-state index contributed by atoms with van der Waals surface area (Å²) in [7, 11) is 0. The molecule has 3 heteroatoms. The summed E-state index contributed by atoms with van der Waals surface area (Å²) >= 11 is 0. The minimum atomic E-state index is 0.403. The monoisotopic (exact) mass is 199 g/mol. The first-order valence-corrected chi connectivity index (χ1v) is 5.00. The topological polar surface area (TPSA) is 54.7 Å². The van der Waals surface area contributed by atoms with Gasteiger partial charge in [0.25, 0.3) is 0 Å². The van der Waals surface area contributed by atoms with Crippen LogP contribution >= 0.6 is 0 Å². The molecule has 1 aromatic heterocycles. The highest BCUT2D eigenvalue weighted by molar-refractivity contribution is 5.80. The van der Waals surface area contributed by atoms with Crippen LogP contribution in [0.15, 0.2) is 30.5 Å². The Kier molecular flexibility index (Phi) is 2.70. The summed E-state index contributed by atoms with van der Waals surface area (Å²) in [6, 6.07) is 10.4. The molecule has 2 N–H and O–H groups in total. The van der Waals surface area contributed by atoms with Gasteiger partial charge < -0.3 is 10.3 Å². The lowest BCUT2D eigenvalue weighted by Crippen LogP contribution is -2.02. The number of rotatable bonds is 3. The minimum Gasteiger partial charge on any atom is -0.334 e. The van der Waals surface area contributed by atoms with Gasteiger partial charge in [-0.25, -0.2) is 0 Å². The first-order chi connectivity index (χ1) is 7.35. The van der Waals surface area contributed by atoms with Crippen molar-refractivity contribution in [3.63, 3.8) is 0 Å². The molecule has 1 aromatic carbocycles. The Morgan fingerprint density at radius 1 is 1.33 bits per heavy atom. The summed E-state index contributed by atoms with van der Waals surface area (Å²) in [5, 5.41) is 9.83. The highest BCUT2D eigenvalue weighted by Crippen LogP contribution is 2.17. The van der Waals surface area contributed by atoms with Gasteiger partial charge in [0, 0.05) is 11.7 Å². The predicted octanol–water partition coefficient (Wildman–Crippen LogP) is 1.67. The van der Waals surface area contributed by atoms with Crippen LogP contribution in [0.4, 0.5) is 0 Å². The quantitative estimate of drug-likeness (QED) is 0.817. The maximum atomic E-state index is 8.65. The number of aromatic nitrogens is 1. The van der Waals surface area contributed by atoms with Gasteiger partial charge in [0.2, 0.25) is 0 Å². The molecule has 15 heavy (non-hydrogen) atoms. The second-order valence-electron chi connectivity index (χ2n) is 3.53. The molecule has 0 aliphatic carbocycles. The molecular weight excluding hydrogens is 186 g/mol. The Hall–Kier alpha value is -1.79. The van der Waals surface area contributed by atoms with Crippen LogP contribution in [-0.2, 0) is 13.0 Å². The first kappa shape index (κ1) is 9.75. The summed E-state index contributed by atoms with van der Waals surface area (Å²) < 4.78 is 1.95. The molecule has 0 atom stereocenters. The predicted molar refractivity (Wildman–Crippen MR) is 60.3 cm³/mol. The zero-order chi connectivity index (χ0) is 10.7. The minimum absolute atomic E-state index is 0.403. The smallest absolute Gasteiger partial charge is 0.110 e. The van der Waals surface area contributed by atoms with E-state index < -0.39 is 0 Å². The van der Waals surface area contributed by atoms with Crippen molar-refractivity contribution >= 4 is 10.9 Å². The fraction of sp³-hybridized carbons (Fsp3) is 0.250. The van der Waals surface area contributed by atoms with Gasteiger partial charge >= 0.3 is 0 Å². The standard InChI is InChI=1S/C12H13N3/c13-5-3-10-1-2-12-11(9-10)4-7-15(12)8-6-14/h1-2,4,7,9H,3,5,8,13H2. The fourth-order valence-electron chi connectivity index (χ4n) is 1.79. The van der Waals surface area contributed by atoms with E-state index in [2.05, 4.69) is 24.3 Å². The van der Waals surface area contributed by atoms with Gasteiger partial charge in [0.15, 0.2) is 0 Å². The van der Waals surface area contributed by atoms with Gasteiger partial charge in [-0.05, 0) is 42.1 Å². The molecule has 2 rings (SSSR count). The van der Waals surface area contributed by atoms with E-state index in [1.807, 2.05) is 16.8 Å². The van der Waals surface area contributed by atoms with Crippen LogP contribution in [0, 0.1) is 11.3 Å². The van der Waals surface area contributed by atoms with Gasteiger partial charge in [-0.1, -0.05) is 6.07 Å². The lowest BCUT2D eigenvalue weighted by atomic mass is 10.1. The summed E-state index contributed by atoms with van der Waals surface area (Å²) in [4.78, 5) is 0. The van der Waals surface area contributed by atoms with Gasteiger partial charge in [-0.3, -0.25) is 0 Å². The summed E-state index contributed by atoms with van der Waals surface area (Å²) in [5.74, 6) is 0. The Labute approximate surface area is 88.7 Å². The van der Waals surface area contributed by atoms with Gasteiger partial charge in [-0.15, -0.1) is 0 Å². The zero-order valence-electron chi connectivity index (χ0n) is 8.48. The third kappa shape index (κ3) is 1.85. The molecule has 0 radical (unpaired) electrons. The SMILES string of the molecule is N#CCn1ccc2cc(CCN)ccc21. The van der Waals surface area contributed by atoms with Gasteiger partial charge in [-0.2, -0.15) is 5.26 Å². The maximum absolute atomic E-state index is 8.65. The first-order valence-electron chi connectivity index (χ1n) is 5.00. The van der Waals surface area contributed by atoms with Crippen LogP contribution < -0.4 is 5.73 Å². The van der Waals surface area contributed by atoms with E-state index in [-0.39, 0.29) is 0 Å². The average molecular weight is 199 g/mol. The molecule has 3 nitrogen and oxygen atoms in total. The van der Waals surface area contributed by atoms with Crippen molar-refractivity contribution in [2.24, 2.45) is 5.73 Å². The summed E-state index contributed by atoms with van der Waals surface area (Å²) in [6.07, 6.45) is 2.85. The van der Waals surface area contributed by atoms with E-state index in [9.17, 15) is 0 Å². The average Bonchev–Trinajstić information content (AvgIpc) is 2.62. The van der Waals surface area contributed by atoms with Crippen LogP contribution in [0.3, 0.4) is 0 Å². The third-order valence-corrected chi connectivity index (χ3v) is 2.51. The van der Waals surface area contributed by atoms with Crippen LogP contribution in [0.25, 0.3) is 10.9 Å². The summed E-state index contributed by atoms with van der Waals surface area (Å²) in [6.45, 7) is 1.07. The van der Waals surface area contributed by atoms with Crippen LogP contribution in [0.2, 0.25) is 0 Å². The lowest BCUT2D eigenvalue weighted by Gasteiger charge is -2.01. The molecule has 0 spiro atoms. The number of hydrogen-bond donors (Lipinski definition) is 1. The van der Waals surface area contributed by atoms with Crippen LogP contribution in [-0.4, -0.2) is 11.1 Å². The van der Waals surface area contributed by atoms with Crippen LogP contribution in [0.5, 0.6) is 0 Å². The Bertz CT molecular complexity index is 505. The normalized spacial score (nSPS) is 10.4. The Balaban J connectivity index is 2.43. The molecule has 1 heterocycles. The van der Waals surface area contributed by atoms with Gasteiger partial charge in [0.05, 0.1) is 6.07 Å². The number of fused-ring (bicyclic) bond motifs is 1. The van der Waals surface area contributed by atoms with Gasteiger partial charge in [0.1, 0.15) is 6.54 Å². The highest BCUT2D eigenvalue weighted by Gasteiger charge is 2.01. The van der Waals surface area contributed by atoms with Crippen molar-refractivity contribution in [3.8, 4) is 6.07 Å². The Morgan fingerprint density at radius 2 is 2.20 bits per heavy atom. The van der Waals surface area contributed by atoms with Crippen molar-refractivity contribution in [3.05, 3.63) is 36.0 Å². The second kappa shape index (κ2) is 4.16. The molecule has 0 unspecified atom stereocenters.